The van der Waals surface area contributed by atoms with E-state index in [1.807, 2.05) is 30.0 Å². The molecule has 0 saturated carbocycles. The van der Waals surface area contributed by atoms with Crippen LogP contribution in [0.5, 0.6) is 11.5 Å². The Balaban J connectivity index is 1.44. The topological polar surface area (TPSA) is 42.0 Å². The molecule has 1 aromatic rings. The second kappa shape index (κ2) is 7.71. The van der Waals surface area contributed by atoms with Crippen LogP contribution in [-0.4, -0.2) is 61.6 Å². The van der Waals surface area contributed by atoms with E-state index in [-0.39, 0.29) is 5.91 Å². The summed E-state index contributed by atoms with van der Waals surface area (Å²) in [5, 5.41) is 0. The lowest BCUT2D eigenvalue weighted by Crippen LogP contribution is -2.37. The second-order valence-corrected chi connectivity index (χ2v) is 6.46. The summed E-state index contributed by atoms with van der Waals surface area (Å²) < 4.78 is 11.1. The van der Waals surface area contributed by atoms with Crippen LogP contribution in [0.25, 0.3) is 0 Å². The van der Waals surface area contributed by atoms with Crippen molar-refractivity contribution in [2.45, 2.75) is 25.8 Å². The summed E-state index contributed by atoms with van der Waals surface area (Å²) >= 11 is 0. The van der Waals surface area contributed by atoms with Gasteiger partial charge in [0.2, 0.25) is 5.91 Å². The normalized spacial score (nSPS) is 20.6. The van der Waals surface area contributed by atoms with E-state index in [2.05, 4.69) is 17.1 Å². The average Bonchev–Trinajstić information content (AvgIpc) is 3.27. The second-order valence-electron chi connectivity index (χ2n) is 6.46. The Hall–Kier alpha value is -2.01. The van der Waals surface area contributed by atoms with Crippen LogP contribution < -0.4 is 9.47 Å². The smallest absolute Gasteiger partial charge is 0.226 e. The molecule has 1 saturated heterocycles. The van der Waals surface area contributed by atoms with Gasteiger partial charge in [0.05, 0.1) is 20.1 Å². The van der Waals surface area contributed by atoms with Crippen molar-refractivity contribution in [3.8, 4) is 11.5 Å². The monoisotopic (exact) mass is 330 g/mol. The molecule has 1 atom stereocenters. The molecule has 0 unspecified atom stereocenters. The molecule has 0 bridgehead atoms. The fraction of sp³-hybridized carbons (Fsp3) is 0.526. The van der Waals surface area contributed by atoms with Crippen molar-refractivity contribution in [3.05, 3.63) is 35.9 Å². The van der Waals surface area contributed by atoms with Crippen LogP contribution in [0, 0.1) is 6.92 Å². The number of carbonyl (C=O) groups is 1. The quantitative estimate of drug-likeness (QED) is 0.750. The standard InChI is InChI=1S/C19H26N2O3/c1-15-5-6-17(18(13-15)23-2)24-12-8-19(22)21-11-7-16(14-21)20-9-3-4-10-20/h3-6,13,16H,7-12,14H2,1-2H3/t16-/m1/s1. The first-order valence-corrected chi connectivity index (χ1v) is 8.61. The first-order chi connectivity index (χ1) is 11.7. The molecule has 2 aliphatic rings. The number of carbonyl (C=O) groups excluding carboxylic acids is 1. The van der Waals surface area contributed by atoms with E-state index < -0.39 is 0 Å². The number of rotatable bonds is 6. The minimum Gasteiger partial charge on any atom is -0.493 e. The minimum absolute atomic E-state index is 0.177. The van der Waals surface area contributed by atoms with Crippen molar-refractivity contribution in [2.24, 2.45) is 0 Å². The van der Waals surface area contributed by atoms with Crippen LogP contribution in [0.1, 0.15) is 18.4 Å². The van der Waals surface area contributed by atoms with Gasteiger partial charge < -0.3 is 14.4 Å². The lowest BCUT2D eigenvalue weighted by atomic mass is 10.2. The molecular formula is C19H26N2O3. The van der Waals surface area contributed by atoms with Gasteiger partial charge in [-0.3, -0.25) is 9.69 Å². The minimum atomic E-state index is 0.177. The first-order valence-electron chi connectivity index (χ1n) is 8.61. The Morgan fingerprint density at radius 1 is 1.25 bits per heavy atom. The van der Waals surface area contributed by atoms with Crippen LogP contribution >= 0.6 is 0 Å². The SMILES string of the molecule is COc1cc(C)ccc1OCCC(=O)N1CC[C@@H](N2CC=CC2)C1. The van der Waals surface area contributed by atoms with Crippen molar-refractivity contribution >= 4 is 5.91 Å². The van der Waals surface area contributed by atoms with Crippen LogP contribution in [0.15, 0.2) is 30.4 Å². The Kier molecular flexibility index (Phi) is 5.41. The van der Waals surface area contributed by atoms with E-state index in [9.17, 15) is 4.79 Å². The fourth-order valence-electron chi connectivity index (χ4n) is 3.36. The highest BCUT2D eigenvalue weighted by Gasteiger charge is 2.30. The van der Waals surface area contributed by atoms with Crippen molar-refractivity contribution in [2.75, 3.05) is 39.9 Å². The van der Waals surface area contributed by atoms with Crippen LogP contribution in [0.4, 0.5) is 0 Å². The number of amides is 1. The Labute approximate surface area is 143 Å². The number of hydrogen-bond acceptors (Lipinski definition) is 4. The van der Waals surface area contributed by atoms with Gasteiger partial charge in [0.25, 0.3) is 0 Å². The van der Waals surface area contributed by atoms with Gasteiger partial charge in [-0.05, 0) is 31.0 Å². The number of hydrogen-bond donors (Lipinski definition) is 0. The lowest BCUT2D eigenvalue weighted by molar-refractivity contribution is -0.130. The molecule has 0 radical (unpaired) electrons. The van der Waals surface area contributed by atoms with E-state index in [0.29, 0.717) is 30.6 Å². The number of aryl methyl sites for hydroxylation is 1. The predicted molar refractivity (Wildman–Crippen MR) is 93.5 cm³/mol. The zero-order valence-corrected chi connectivity index (χ0v) is 14.5. The molecule has 0 aliphatic carbocycles. The van der Waals surface area contributed by atoms with Crippen molar-refractivity contribution in [1.29, 1.82) is 0 Å². The van der Waals surface area contributed by atoms with Gasteiger partial charge in [-0.1, -0.05) is 18.2 Å². The van der Waals surface area contributed by atoms with Crippen LogP contribution in [0.3, 0.4) is 0 Å². The Morgan fingerprint density at radius 2 is 2.04 bits per heavy atom. The molecule has 2 aliphatic heterocycles. The summed E-state index contributed by atoms with van der Waals surface area (Å²) in [7, 11) is 1.63. The molecular weight excluding hydrogens is 304 g/mol. The third kappa shape index (κ3) is 3.90. The molecule has 1 fully saturated rings. The van der Waals surface area contributed by atoms with E-state index >= 15 is 0 Å². The maximum atomic E-state index is 12.4. The van der Waals surface area contributed by atoms with Gasteiger partial charge in [0.15, 0.2) is 11.5 Å². The highest BCUT2D eigenvalue weighted by atomic mass is 16.5. The molecule has 3 rings (SSSR count). The van der Waals surface area contributed by atoms with E-state index in [1.54, 1.807) is 7.11 Å². The summed E-state index contributed by atoms with van der Waals surface area (Å²) in [4.78, 5) is 16.8. The third-order valence-electron chi connectivity index (χ3n) is 4.77. The van der Waals surface area contributed by atoms with Gasteiger partial charge >= 0.3 is 0 Å². The molecule has 24 heavy (non-hydrogen) atoms. The lowest BCUT2D eigenvalue weighted by Gasteiger charge is -2.23. The molecule has 0 spiro atoms. The predicted octanol–water partition coefficient (Wildman–Crippen LogP) is 2.25. The first kappa shape index (κ1) is 16.8. The van der Waals surface area contributed by atoms with Gasteiger partial charge in [0.1, 0.15) is 0 Å². The van der Waals surface area contributed by atoms with Crippen molar-refractivity contribution < 1.29 is 14.3 Å². The average molecular weight is 330 g/mol. The molecule has 5 nitrogen and oxygen atoms in total. The third-order valence-corrected chi connectivity index (χ3v) is 4.77. The molecule has 5 heteroatoms. The van der Waals surface area contributed by atoms with Crippen LogP contribution in [-0.2, 0) is 4.79 Å². The molecule has 1 aromatic carbocycles. The maximum Gasteiger partial charge on any atom is 0.226 e. The number of methoxy groups -OCH3 is 1. The fourth-order valence-corrected chi connectivity index (χ4v) is 3.36. The van der Waals surface area contributed by atoms with E-state index in [0.717, 1.165) is 38.2 Å². The zero-order chi connectivity index (χ0) is 16.9. The van der Waals surface area contributed by atoms with Gasteiger partial charge in [-0.2, -0.15) is 0 Å². The van der Waals surface area contributed by atoms with Crippen molar-refractivity contribution in [1.82, 2.24) is 9.80 Å². The molecule has 130 valence electrons. The summed E-state index contributed by atoms with van der Waals surface area (Å²) in [6.07, 6.45) is 5.88. The number of likely N-dealkylation sites (tertiary alicyclic amines) is 1. The Bertz CT molecular complexity index is 607. The van der Waals surface area contributed by atoms with Gasteiger partial charge in [-0.15, -0.1) is 0 Å². The highest BCUT2D eigenvalue weighted by molar-refractivity contribution is 5.76. The summed E-state index contributed by atoms with van der Waals surface area (Å²) in [5.74, 6) is 1.58. The number of benzene rings is 1. The van der Waals surface area contributed by atoms with E-state index in [4.69, 9.17) is 9.47 Å². The molecule has 2 heterocycles. The summed E-state index contributed by atoms with van der Waals surface area (Å²) in [6.45, 7) is 6.12. The summed E-state index contributed by atoms with van der Waals surface area (Å²) in [5.41, 5.74) is 1.12. The van der Waals surface area contributed by atoms with Gasteiger partial charge in [0, 0.05) is 32.2 Å². The molecule has 0 aromatic heterocycles. The highest BCUT2D eigenvalue weighted by Crippen LogP contribution is 2.28. The van der Waals surface area contributed by atoms with Crippen LogP contribution in [0.2, 0.25) is 0 Å². The van der Waals surface area contributed by atoms with Crippen molar-refractivity contribution in [3.63, 3.8) is 0 Å². The van der Waals surface area contributed by atoms with E-state index in [1.165, 1.54) is 0 Å². The largest absolute Gasteiger partial charge is 0.493 e. The molecule has 1 amide bonds. The molecule has 0 N–H and O–H groups in total. The number of nitrogens with zero attached hydrogens (tertiary/aromatic N) is 2. The van der Waals surface area contributed by atoms with Gasteiger partial charge in [-0.25, -0.2) is 0 Å². The Morgan fingerprint density at radius 3 is 2.79 bits per heavy atom. The zero-order valence-electron chi connectivity index (χ0n) is 14.5. The summed E-state index contributed by atoms with van der Waals surface area (Å²) in [6, 6.07) is 6.31. The maximum absolute atomic E-state index is 12.4. The number of ether oxygens (including phenoxy) is 2.